The fraction of sp³-hybridized carbons (Fsp3) is 0.550. The normalized spacial score (nSPS) is 23.0. The topological polar surface area (TPSA) is 86.3 Å². The van der Waals surface area contributed by atoms with Gasteiger partial charge in [-0.25, -0.2) is 4.79 Å². The van der Waals surface area contributed by atoms with Crippen molar-refractivity contribution in [3.8, 4) is 0 Å². The monoisotopic (exact) mass is 387 g/mol. The SMILES string of the molecule is CCOCCCN=C1NC2C(C(=O)NC(=O)N2C)N1CCCc1ccccc1. The molecule has 2 saturated heterocycles. The molecule has 1 aromatic carbocycles. The summed E-state index contributed by atoms with van der Waals surface area (Å²) in [6, 6.07) is 9.42. The van der Waals surface area contributed by atoms with E-state index in [9.17, 15) is 9.59 Å². The molecular weight excluding hydrogens is 358 g/mol. The average Bonchev–Trinajstić information content (AvgIpc) is 3.06. The maximum Gasteiger partial charge on any atom is 0.325 e. The van der Waals surface area contributed by atoms with Crippen LogP contribution in [0.25, 0.3) is 0 Å². The number of aliphatic imine (C=N–C) groups is 1. The molecule has 2 aliphatic heterocycles. The van der Waals surface area contributed by atoms with Gasteiger partial charge in [-0.2, -0.15) is 0 Å². The quantitative estimate of drug-likeness (QED) is 0.622. The van der Waals surface area contributed by atoms with Crippen LogP contribution >= 0.6 is 0 Å². The zero-order valence-electron chi connectivity index (χ0n) is 16.6. The van der Waals surface area contributed by atoms with E-state index < -0.39 is 12.2 Å². The lowest BCUT2D eigenvalue weighted by Gasteiger charge is -2.35. The number of carbonyl (C=O) groups is 2. The molecule has 3 amide bonds. The molecule has 2 fully saturated rings. The summed E-state index contributed by atoms with van der Waals surface area (Å²) in [7, 11) is 1.69. The summed E-state index contributed by atoms with van der Waals surface area (Å²) in [4.78, 5) is 32.7. The maximum absolute atomic E-state index is 12.5. The Morgan fingerprint density at radius 3 is 2.71 bits per heavy atom. The molecule has 8 nitrogen and oxygen atoms in total. The Morgan fingerprint density at radius 2 is 1.96 bits per heavy atom. The number of benzene rings is 1. The van der Waals surface area contributed by atoms with Gasteiger partial charge in [-0.3, -0.25) is 15.1 Å². The number of likely N-dealkylation sites (N-methyl/N-ethyl adjacent to an activating group) is 1. The fourth-order valence-electron chi connectivity index (χ4n) is 3.56. The summed E-state index contributed by atoms with van der Waals surface area (Å²) in [6.45, 7) is 4.61. The zero-order valence-corrected chi connectivity index (χ0v) is 16.6. The van der Waals surface area contributed by atoms with Gasteiger partial charge in [0, 0.05) is 33.4 Å². The number of hydrogen-bond acceptors (Lipinski definition) is 4. The number of hydrogen-bond donors (Lipinski definition) is 2. The molecule has 2 N–H and O–H groups in total. The Kier molecular flexibility index (Phi) is 6.86. The molecule has 28 heavy (non-hydrogen) atoms. The van der Waals surface area contributed by atoms with E-state index in [1.165, 1.54) is 10.5 Å². The lowest BCUT2D eigenvalue weighted by atomic mass is 10.1. The van der Waals surface area contributed by atoms with Crippen LogP contribution in [0.3, 0.4) is 0 Å². The molecule has 0 aliphatic carbocycles. The Morgan fingerprint density at radius 1 is 1.18 bits per heavy atom. The van der Waals surface area contributed by atoms with Crippen molar-refractivity contribution in [2.75, 3.05) is 33.4 Å². The third-order valence-corrected chi connectivity index (χ3v) is 5.04. The van der Waals surface area contributed by atoms with E-state index in [2.05, 4.69) is 27.8 Å². The van der Waals surface area contributed by atoms with E-state index in [0.29, 0.717) is 32.3 Å². The molecule has 0 spiro atoms. The number of amides is 3. The maximum atomic E-state index is 12.5. The molecule has 1 aromatic rings. The number of guanidine groups is 1. The minimum absolute atomic E-state index is 0.278. The smallest absolute Gasteiger partial charge is 0.325 e. The van der Waals surface area contributed by atoms with Crippen LogP contribution in [0.1, 0.15) is 25.3 Å². The first-order chi connectivity index (χ1) is 13.6. The first kappa shape index (κ1) is 20.1. The van der Waals surface area contributed by atoms with E-state index >= 15 is 0 Å². The minimum atomic E-state index is -0.468. The van der Waals surface area contributed by atoms with Crippen LogP contribution < -0.4 is 10.6 Å². The summed E-state index contributed by atoms with van der Waals surface area (Å²) in [6.07, 6.45) is 2.22. The summed E-state index contributed by atoms with van der Waals surface area (Å²) in [5.41, 5.74) is 1.27. The highest BCUT2D eigenvalue weighted by Crippen LogP contribution is 2.21. The third-order valence-electron chi connectivity index (χ3n) is 5.04. The molecule has 152 valence electrons. The van der Waals surface area contributed by atoms with Crippen LogP contribution in [-0.4, -0.2) is 73.3 Å². The van der Waals surface area contributed by atoms with E-state index in [1.54, 1.807) is 7.05 Å². The van der Waals surface area contributed by atoms with Gasteiger partial charge in [-0.15, -0.1) is 0 Å². The minimum Gasteiger partial charge on any atom is -0.382 e. The average molecular weight is 387 g/mol. The fourth-order valence-corrected chi connectivity index (χ4v) is 3.56. The van der Waals surface area contributed by atoms with Crippen molar-refractivity contribution in [1.29, 1.82) is 0 Å². The molecular formula is C20H29N5O3. The number of urea groups is 1. The largest absolute Gasteiger partial charge is 0.382 e. The number of ether oxygens (including phenoxy) is 1. The lowest BCUT2D eigenvalue weighted by molar-refractivity contribution is -0.127. The van der Waals surface area contributed by atoms with Crippen LogP contribution in [-0.2, 0) is 16.0 Å². The van der Waals surface area contributed by atoms with Gasteiger partial charge in [-0.1, -0.05) is 30.3 Å². The number of nitrogens with zero attached hydrogens (tertiary/aromatic N) is 3. The van der Waals surface area contributed by atoms with Crippen LogP contribution in [0, 0.1) is 0 Å². The molecule has 8 heteroatoms. The van der Waals surface area contributed by atoms with Gasteiger partial charge < -0.3 is 19.9 Å². The van der Waals surface area contributed by atoms with Gasteiger partial charge in [0.15, 0.2) is 12.0 Å². The van der Waals surface area contributed by atoms with Crippen molar-refractivity contribution in [3.05, 3.63) is 35.9 Å². The van der Waals surface area contributed by atoms with E-state index in [0.717, 1.165) is 19.3 Å². The van der Waals surface area contributed by atoms with Crippen molar-refractivity contribution in [2.45, 2.75) is 38.4 Å². The molecule has 2 aliphatic rings. The highest BCUT2D eigenvalue weighted by atomic mass is 16.5. The molecule has 0 radical (unpaired) electrons. The van der Waals surface area contributed by atoms with Crippen LogP contribution in [0.15, 0.2) is 35.3 Å². The first-order valence-corrected chi connectivity index (χ1v) is 9.88. The number of imide groups is 1. The Labute approximate surface area is 165 Å². The Hall–Kier alpha value is -2.61. The van der Waals surface area contributed by atoms with Gasteiger partial charge in [-0.05, 0) is 31.7 Å². The molecule has 3 rings (SSSR count). The zero-order chi connectivity index (χ0) is 19.9. The van der Waals surface area contributed by atoms with E-state index in [4.69, 9.17) is 4.74 Å². The van der Waals surface area contributed by atoms with Crippen molar-refractivity contribution < 1.29 is 14.3 Å². The Bertz CT molecular complexity index is 709. The molecule has 0 aromatic heterocycles. The predicted molar refractivity (Wildman–Crippen MR) is 107 cm³/mol. The highest BCUT2D eigenvalue weighted by molar-refractivity contribution is 6.04. The summed E-state index contributed by atoms with van der Waals surface area (Å²) in [5.74, 6) is 0.399. The predicted octanol–water partition coefficient (Wildman–Crippen LogP) is 1.18. The van der Waals surface area contributed by atoms with Crippen molar-refractivity contribution in [2.24, 2.45) is 4.99 Å². The van der Waals surface area contributed by atoms with E-state index in [1.807, 2.05) is 30.0 Å². The number of aryl methyl sites for hydroxylation is 1. The number of fused-ring (bicyclic) bond motifs is 1. The first-order valence-electron chi connectivity index (χ1n) is 9.88. The number of carbonyl (C=O) groups excluding carboxylic acids is 2. The summed E-state index contributed by atoms with van der Waals surface area (Å²) >= 11 is 0. The molecule has 0 saturated carbocycles. The number of nitrogens with one attached hydrogen (secondary N) is 2. The van der Waals surface area contributed by atoms with Crippen LogP contribution in [0.4, 0.5) is 4.79 Å². The van der Waals surface area contributed by atoms with Gasteiger partial charge in [0.25, 0.3) is 5.91 Å². The standard InChI is InChI=1S/C20H29N5O3/c1-3-28-14-8-12-21-19-22-17-16(18(26)23-20(27)24(17)2)25(19)13-7-11-15-9-5-4-6-10-15/h4-6,9-10,16-17H,3,7-8,11-14H2,1-2H3,(H,21,22)(H,23,26,27). The second-order valence-electron chi connectivity index (χ2n) is 6.98. The van der Waals surface area contributed by atoms with Crippen molar-refractivity contribution in [1.82, 2.24) is 20.4 Å². The summed E-state index contributed by atoms with van der Waals surface area (Å²) < 4.78 is 5.36. The number of rotatable bonds is 9. The molecule has 2 heterocycles. The molecule has 2 atom stereocenters. The second-order valence-corrected chi connectivity index (χ2v) is 6.98. The second kappa shape index (κ2) is 9.54. The highest BCUT2D eigenvalue weighted by Gasteiger charge is 2.49. The van der Waals surface area contributed by atoms with Gasteiger partial charge in [0.2, 0.25) is 0 Å². The van der Waals surface area contributed by atoms with Gasteiger partial charge >= 0.3 is 6.03 Å². The van der Waals surface area contributed by atoms with Crippen LogP contribution in [0.2, 0.25) is 0 Å². The summed E-state index contributed by atoms with van der Waals surface area (Å²) in [5, 5.41) is 5.71. The van der Waals surface area contributed by atoms with Gasteiger partial charge in [0.05, 0.1) is 0 Å². The van der Waals surface area contributed by atoms with Crippen molar-refractivity contribution >= 4 is 17.9 Å². The molecule has 0 bridgehead atoms. The third kappa shape index (κ3) is 4.62. The van der Waals surface area contributed by atoms with Gasteiger partial charge in [0.1, 0.15) is 6.17 Å². The van der Waals surface area contributed by atoms with Crippen LogP contribution in [0.5, 0.6) is 0 Å². The Balaban J connectivity index is 1.68. The molecule has 2 unspecified atom stereocenters. The van der Waals surface area contributed by atoms with E-state index in [-0.39, 0.29) is 11.9 Å². The lowest BCUT2D eigenvalue weighted by Crippen LogP contribution is -2.64. The van der Waals surface area contributed by atoms with Crippen molar-refractivity contribution in [3.63, 3.8) is 0 Å².